The Morgan fingerprint density at radius 3 is 2.50 bits per heavy atom. The number of nitrogens with one attached hydrogen (secondary N) is 1. The molecule has 0 atom stereocenters. The summed E-state index contributed by atoms with van der Waals surface area (Å²) in [5, 5.41) is 2.64. The van der Waals surface area contributed by atoms with Gasteiger partial charge in [-0.2, -0.15) is 18.2 Å². The van der Waals surface area contributed by atoms with Crippen molar-refractivity contribution in [2.24, 2.45) is 0 Å². The minimum atomic E-state index is -4.54. The van der Waals surface area contributed by atoms with Gasteiger partial charge in [0, 0.05) is 12.6 Å². The minimum absolute atomic E-state index is 0.0343. The molecule has 0 fully saturated rings. The molecule has 0 radical (unpaired) electrons. The Bertz CT molecular complexity index is 425. The molecule has 1 rings (SSSR count). The lowest BCUT2D eigenvalue weighted by Gasteiger charge is -2.12. The van der Waals surface area contributed by atoms with Crippen molar-refractivity contribution in [3.05, 3.63) is 11.8 Å². The molecule has 1 heterocycles. The summed E-state index contributed by atoms with van der Waals surface area (Å²) in [6, 6.07) is 0.774. The van der Waals surface area contributed by atoms with Gasteiger partial charge in [-0.25, -0.2) is 4.98 Å². The molecule has 0 saturated carbocycles. The van der Waals surface area contributed by atoms with Crippen LogP contribution >= 0.6 is 0 Å². The largest absolute Gasteiger partial charge is 0.475 e. The Hall–Kier alpha value is -1.57. The number of nitrogens with zero attached hydrogens (tertiary/aromatic N) is 2. The molecular weight excluding hydrogens is 275 g/mol. The van der Waals surface area contributed by atoms with Crippen molar-refractivity contribution in [3.63, 3.8) is 0 Å². The van der Waals surface area contributed by atoms with Gasteiger partial charge in [0.1, 0.15) is 6.61 Å². The van der Waals surface area contributed by atoms with E-state index >= 15 is 0 Å². The van der Waals surface area contributed by atoms with Gasteiger partial charge in [-0.3, -0.25) is 0 Å². The SMILES string of the molecule is CCNc1nc(OCCOC(C)C)cc(C(F)(F)F)n1. The van der Waals surface area contributed by atoms with Crippen LogP contribution in [0, 0.1) is 0 Å². The Kier molecular flexibility index (Phi) is 6.00. The number of aromatic nitrogens is 2. The summed E-state index contributed by atoms with van der Waals surface area (Å²) in [5.41, 5.74) is -1.04. The number of anilines is 1. The lowest BCUT2D eigenvalue weighted by atomic mass is 10.4. The Morgan fingerprint density at radius 1 is 1.25 bits per heavy atom. The Balaban J connectivity index is 2.76. The number of hydrogen-bond acceptors (Lipinski definition) is 5. The number of alkyl halides is 3. The van der Waals surface area contributed by atoms with Crippen molar-refractivity contribution in [2.45, 2.75) is 33.1 Å². The molecule has 8 heteroatoms. The lowest BCUT2D eigenvalue weighted by molar-refractivity contribution is -0.141. The van der Waals surface area contributed by atoms with Gasteiger partial charge < -0.3 is 14.8 Å². The molecule has 0 saturated heterocycles. The maximum atomic E-state index is 12.7. The summed E-state index contributed by atoms with van der Waals surface area (Å²) >= 11 is 0. The first-order chi connectivity index (χ1) is 9.32. The zero-order chi connectivity index (χ0) is 15.2. The number of halogens is 3. The normalized spacial score (nSPS) is 11.8. The quantitative estimate of drug-likeness (QED) is 0.783. The van der Waals surface area contributed by atoms with Crippen molar-refractivity contribution in [2.75, 3.05) is 25.1 Å². The zero-order valence-corrected chi connectivity index (χ0v) is 11.6. The van der Waals surface area contributed by atoms with Crippen LogP contribution in [0.5, 0.6) is 5.88 Å². The topological polar surface area (TPSA) is 56.3 Å². The van der Waals surface area contributed by atoms with E-state index in [4.69, 9.17) is 9.47 Å². The van der Waals surface area contributed by atoms with E-state index in [0.29, 0.717) is 6.54 Å². The Morgan fingerprint density at radius 2 is 1.95 bits per heavy atom. The van der Waals surface area contributed by atoms with E-state index in [-0.39, 0.29) is 31.1 Å². The molecule has 0 aliphatic carbocycles. The van der Waals surface area contributed by atoms with Crippen LogP contribution in [0.4, 0.5) is 19.1 Å². The Labute approximate surface area is 115 Å². The summed E-state index contributed by atoms with van der Waals surface area (Å²) in [7, 11) is 0. The molecule has 0 amide bonds. The summed E-state index contributed by atoms with van der Waals surface area (Å²) < 4.78 is 48.4. The van der Waals surface area contributed by atoms with Gasteiger partial charge in [-0.1, -0.05) is 0 Å². The fourth-order valence-corrected chi connectivity index (χ4v) is 1.31. The van der Waals surface area contributed by atoms with Gasteiger partial charge >= 0.3 is 6.18 Å². The predicted molar refractivity (Wildman–Crippen MR) is 67.8 cm³/mol. The average Bonchev–Trinajstić information content (AvgIpc) is 2.33. The summed E-state index contributed by atoms with van der Waals surface area (Å²) in [5.74, 6) is -0.238. The van der Waals surface area contributed by atoms with Crippen molar-refractivity contribution in [3.8, 4) is 5.88 Å². The second kappa shape index (κ2) is 7.28. The van der Waals surface area contributed by atoms with Crippen LogP contribution in [-0.4, -0.2) is 35.8 Å². The molecule has 20 heavy (non-hydrogen) atoms. The van der Waals surface area contributed by atoms with Gasteiger partial charge in [0.2, 0.25) is 11.8 Å². The van der Waals surface area contributed by atoms with Crippen molar-refractivity contribution >= 4 is 5.95 Å². The molecule has 0 aliphatic heterocycles. The fourth-order valence-electron chi connectivity index (χ4n) is 1.31. The van der Waals surface area contributed by atoms with Gasteiger partial charge in [-0.05, 0) is 20.8 Å². The van der Waals surface area contributed by atoms with Crippen LogP contribution in [-0.2, 0) is 10.9 Å². The van der Waals surface area contributed by atoms with Crippen LogP contribution in [0.3, 0.4) is 0 Å². The molecule has 0 bridgehead atoms. The molecule has 0 aromatic carbocycles. The number of ether oxygens (including phenoxy) is 2. The number of hydrogen-bond donors (Lipinski definition) is 1. The third kappa shape index (κ3) is 5.60. The smallest absolute Gasteiger partial charge is 0.433 e. The monoisotopic (exact) mass is 293 g/mol. The van der Waals surface area contributed by atoms with Crippen LogP contribution in [0.25, 0.3) is 0 Å². The zero-order valence-electron chi connectivity index (χ0n) is 11.6. The first kappa shape index (κ1) is 16.5. The summed E-state index contributed by atoms with van der Waals surface area (Å²) in [4.78, 5) is 7.25. The van der Waals surface area contributed by atoms with Crippen LogP contribution in [0.2, 0.25) is 0 Å². The first-order valence-corrected chi connectivity index (χ1v) is 6.27. The van der Waals surface area contributed by atoms with E-state index in [1.54, 1.807) is 6.92 Å². The molecule has 5 nitrogen and oxygen atoms in total. The standard InChI is InChI=1S/C12H18F3N3O2/c1-4-16-11-17-9(12(13,14)15)7-10(18-11)20-6-5-19-8(2)3/h7-8H,4-6H2,1-3H3,(H,16,17,18). The van der Waals surface area contributed by atoms with E-state index in [1.165, 1.54) is 0 Å². The maximum Gasteiger partial charge on any atom is 0.433 e. The molecule has 114 valence electrons. The third-order valence-corrected chi connectivity index (χ3v) is 2.11. The van der Waals surface area contributed by atoms with Gasteiger partial charge in [-0.15, -0.1) is 0 Å². The minimum Gasteiger partial charge on any atom is -0.475 e. The maximum absolute atomic E-state index is 12.7. The summed E-state index contributed by atoms with van der Waals surface area (Å²) in [6.45, 7) is 6.26. The van der Waals surface area contributed by atoms with Crippen LogP contribution in [0.1, 0.15) is 26.5 Å². The second-order valence-electron chi connectivity index (χ2n) is 4.21. The van der Waals surface area contributed by atoms with Gasteiger partial charge in [0.15, 0.2) is 5.69 Å². The van der Waals surface area contributed by atoms with E-state index in [0.717, 1.165) is 6.07 Å². The predicted octanol–water partition coefficient (Wildman–Crippen LogP) is 2.73. The second-order valence-corrected chi connectivity index (χ2v) is 4.21. The van der Waals surface area contributed by atoms with Crippen molar-refractivity contribution in [1.82, 2.24) is 9.97 Å². The van der Waals surface area contributed by atoms with Crippen molar-refractivity contribution in [1.29, 1.82) is 0 Å². The molecule has 1 aromatic heterocycles. The third-order valence-electron chi connectivity index (χ3n) is 2.11. The van der Waals surface area contributed by atoms with E-state index in [1.807, 2.05) is 13.8 Å². The highest BCUT2D eigenvalue weighted by molar-refractivity contribution is 5.31. The highest BCUT2D eigenvalue weighted by Crippen LogP contribution is 2.30. The van der Waals surface area contributed by atoms with E-state index in [9.17, 15) is 13.2 Å². The molecule has 0 spiro atoms. The molecule has 0 aliphatic rings. The van der Waals surface area contributed by atoms with Crippen LogP contribution in [0.15, 0.2) is 6.07 Å². The first-order valence-electron chi connectivity index (χ1n) is 6.27. The lowest BCUT2D eigenvalue weighted by Crippen LogP contribution is -2.15. The van der Waals surface area contributed by atoms with Crippen molar-refractivity contribution < 1.29 is 22.6 Å². The molecule has 0 unspecified atom stereocenters. The van der Waals surface area contributed by atoms with Crippen LogP contribution < -0.4 is 10.1 Å². The van der Waals surface area contributed by atoms with Gasteiger partial charge in [0.05, 0.1) is 12.7 Å². The fraction of sp³-hybridized carbons (Fsp3) is 0.667. The average molecular weight is 293 g/mol. The van der Waals surface area contributed by atoms with Gasteiger partial charge in [0.25, 0.3) is 0 Å². The van der Waals surface area contributed by atoms with E-state index in [2.05, 4.69) is 15.3 Å². The highest BCUT2D eigenvalue weighted by atomic mass is 19.4. The highest BCUT2D eigenvalue weighted by Gasteiger charge is 2.34. The summed E-state index contributed by atoms with van der Waals surface area (Å²) in [6.07, 6.45) is -4.51. The molecular formula is C12H18F3N3O2. The van der Waals surface area contributed by atoms with E-state index < -0.39 is 11.9 Å². The number of rotatable bonds is 7. The molecule has 1 N–H and O–H groups in total. The molecule has 1 aromatic rings.